The summed E-state index contributed by atoms with van der Waals surface area (Å²) >= 11 is 0. The van der Waals surface area contributed by atoms with Crippen LogP contribution in [0.3, 0.4) is 0 Å². The van der Waals surface area contributed by atoms with Crippen molar-refractivity contribution in [1.29, 1.82) is 0 Å². The Hall–Kier alpha value is -1.89. The molecule has 0 aromatic heterocycles. The van der Waals surface area contributed by atoms with Crippen LogP contribution in [0.4, 0.5) is 5.69 Å². The molecule has 1 aliphatic carbocycles. The standard InChI is InChI=1S/C22H27N/c1-5-23-21-13-11-19(14-17(21)4)20-12-8-16(3)22(20)18-9-6-15(2)7-10-18/h5-7,9-11,13-14,16,20,22H,8,12H2,1-4H3/t16?,20-,22?/m1/s1. The average Bonchev–Trinajstić information content (AvgIpc) is 2.92. The van der Waals surface area contributed by atoms with Gasteiger partial charge >= 0.3 is 0 Å². The molecule has 23 heavy (non-hydrogen) atoms. The molecule has 3 atom stereocenters. The number of aliphatic imine (C=N–C) groups is 1. The third-order valence-corrected chi connectivity index (χ3v) is 5.36. The smallest absolute Gasteiger partial charge is 0.0654 e. The van der Waals surface area contributed by atoms with Crippen LogP contribution >= 0.6 is 0 Å². The van der Waals surface area contributed by atoms with E-state index in [0.29, 0.717) is 11.8 Å². The van der Waals surface area contributed by atoms with Crippen molar-refractivity contribution < 1.29 is 0 Å². The third kappa shape index (κ3) is 3.24. The molecule has 120 valence electrons. The molecule has 2 aromatic carbocycles. The van der Waals surface area contributed by atoms with E-state index >= 15 is 0 Å². The number of rotatable bonds is 3. The fourth-order valence-corrected chi connectivity index (χ4v) is 4.11. The fourth-order valence-electron chi connectivity index (χ4n) is 4.11. The molecule has 3 rings (SSSR count). The maximum atomic E-state index is 4.45. The van der Waals surface area contributed by atoms with E-state index in [1.165, 1.54) is 35.1 Å². The van der Waals surface area contributed by atoms with Crippen molar-refractivity contribution in [2.75, 3.05) is 0 Å². The lowest BCUT2D eigenvalue weighted by atomic mass is 9.80. The molecular weight excluding hydrogens is 278 g/mol. The van der Waals surface area contributed by atoms with Crippen LogP contribution in [0.5, 0.6) is 0 Å². The van der Waals surface area contributed by atoms with Crippen molar-refractivity contribution in [3.8, 4) is 0 Å². The van der Waals surface area contributed by atoms with Crippen molar-refractivity contribution in [3.05, 3.63) is 64.7 Å². The van der Waals surface area contributed by atoms with Crippen LogP contribution in [0, 0.1) is 19.8 Å². The van der Waals surface area contributed by atoms with Gasteiger partial charge in [0.2, 0.25) is 0 Å². The first kappa shape index (κ1) is 16.0. The molecule has 0 N–H and O–H groups in total. The van der Waals surface area contributed by atoms with Crippen molar-refractivity contribution in [3.63, 3.8) is 0 Å². The van der Waals surface area contributed by atoms with Gasteiger partial charge in [-0.3, -0.25) is 4.99 Å². The van der Waals surface area contributed by atoms with Gasteiger partial charge in [-0.2, -0.15) is 0 Å². The Bertz CT molecular complexity index is 696. The average molecular weight is 305 g/mol. The molecule has 0 saturated heterocycles. The molecule has 0 heterocycles. The van der Waals surface area contributed by atoms with Gasteiger partial charge in [-0.1, -0.05) is 48.9 Å². The van der Waals surface area contributed by atoms with E-state index in [0.717, 1.165) is 11.6 Å². The Kier molecular flexibility index (Phi) is 4.66. The Balaban J connectivity index is 1.94. The fraction of sp³-hybridized carbons (Fsp3) is 0.409. The number of hydrogen-bond donors (Lipinski definition) is 0. The summed E-state index contributed by atoms with van der Waals surface area (Å²) in [6, 6.07) is 16.0. The number of aryl methyl sites for hydroxylation is 2. The first-order chi connectivity index (χ1) is 11.1. The Morgan fingerprint density at radius 2 is 1.65 bits per heavy atom. The zero-order valence-electron chi connectivity index (χ0n) is 14.7. The van der Waals surface area contributed by atoms with Gasteiger partial charge in [0.1, 0.15) is 0 Å². The van der Waals surface area contributed by atoms with Gasteiger partial charge in [0, 0.05) is 6.21 Å². The van der Waals surface area contributed by atoms with Crippen LogP contribution in [0.2, 0.25) is 0 Å². The van der Waals surface area contributed by atoms with Gasteiger partial charge in [0.25, 0.3) is 0 Å². The quantitative estimate of drug-likeness (QED) is 0.588. The number of nitrogens with zero attached hydrogens (tertiary/aromatic N) is 1. The van der Waals surface area contributed by atoms with E-state index in [1.54, 1.807) is 0 Å². The van der Waals surface area contributed by atoms with Crippen molar-refractivity contribution in [2.45, 2.75) is 52.4 Å². The van der Waals surface area contributed by atoms with Crippen LogP contribution in [0.15, 0.2) is 47.5 Å². The predicted molar refractivity (Wildman–Crippen MR) is 100 cm³/mol. The summed E-state index contributed by atoms with van der Waals surface area (Å²) in [7, 11) is 0. The zero-order chi connectivity index (χ0) is 16.4. The van der Waals surface area contributed by atoms with Crippen molar-refractivity contribution in [2.24, 2.45) is 10.9 Å². The summed E-state index contributed by atoms with van der Waals surface area (Å²) in [6.45, 7) is 8.72. The third-order valence-electron chi connectivity index (χ3n) is 5.36. The lowest BCUT2D eigenvalue weighted by Gasteiger charge is -2.24. The molecule has 0 spiro atoms. The largest absolute Gasteiger partial charge is 0.261 e. The van der Waals surface area contributed by atoms with Gasteiger partial charge in [-0.05, 0) is 74.1 Å². The summed E-state index contributed by atoms with van der Waals surface area (Å²) < 4.78 is 0. The lowest BCUT2D eigenvalue weighted by molar-refractivity contribution is 0.504. The Morgan fingerprint density at radius 3 is 2.30 bits per heavy atom. The summed E-state index contributed by atoms with van der Waals surface area (Å²) in [4.78, 5) is 4.45. The summed E-state index contributed by atoms with van der Waals surface area (Å²) in [5.41, 5.74) is 6.69. The molecule has 0 amide bonds. The van der Waals surface area contributed by atoms with E-state index < -0.39 is 0 Å². The highest BCUT2D eigenvalue weighted by Gasteiger charge is 2.35. The normalized spacial score (nSPS) is 24.4. The van der Waals surface area contributed by atoms with E-state index in [2.05, 4.69) is 68.2 Å². The van der Waals surface area contributed by atoms with Crippen LogP contribution in [0.25, 0.3) is 0 Å². The minimum Gasteiger partial charge on any atom is -0.261 e. The maximum Gasteiger partial charge on any atom is 0.0654 e. The van der Waals surface area contributed by atoms with Crippen LogP contribution in [-0.2, 0) is 0 Å². The monoisotopic (exact) mass is 305 g/mol. The minimum absolute atomic E-state index is 0.631. The van der Waals surface area contributed by atoms with E-state index in [4.69, 9.17) is 0 Å². The highest BCUT2D eigenvalue weighted by atomic mass is 14.7. The van der Waals surface area contributed by atoms with Gasteiger partial charge < -0.3 is 0 Å². The molecule has 1 aliphatic rings. The Labute approximate surface area is 140 Å². The van der Waals surface area contributed by atoms with Crippen molar-refractivity contribution in [1.82, 2.24) is 0 Å². The SMILES string of the molecule is CC=Nc1ccc([C@H]2CCC(C)C2c2ccc(C)cc2)cc1C. The second-order valence-electron chi connectivity index (χ2n) is 7.03. The predicted octanol–water partition coefficient (Wildman–Crippen LogP) is 6.32. The number of benzene rings is 2. The minimum atomic E-state index is 0.631. The molecule has 1 fully saturated rings. The van der Waals surface area contributed by atoms with Crippen LogP contribution in [-0.4, -0.2) is 6.21 Å². The second-order valence-corrected chi connectivity index (χ2v) is 7.03. The van der Waals surface area contributed by atoms with Gasteiger partial charge in [0.15, 0.2) is 0 Å². The van der Waals surface area contributed by atoms with Crippen molar-refractivity contribution >= 4 is 11.9 Å². The molecule has 0 bridgehead atoms. The van der Waals surface area contributed by atoms with Gasteiger partial charge in [-0.15, -0.1) is 0 Å². The summed E-state index contributed by atoms with van der Waals surface area (Å²) in [6.07, 6.45) is 4.47. The maximum absolute atomic E-state index is 4.45. The van der Waals surface area contributed by atoms with Gasteiger partial charge in [-0.25, -0.2) is 0 Å². The first-order valence-corrected chi connectivity index (χ1v) is 8.76. The second kappa shape index (κ2) is 6.70. The Morgan fingerprint density at radius 1 is 0.957 bits per heavy atom. The summed E-state index contributed by atoms with van der Waals surface area (Å²) in [5.74, 6) is 2.01. The van der Waals surface area contributed by atoms with Crippen LogP contribution in [0.1, 0.15) is 60.8 Å². The first-order valence-electron chi connectivity index (χ1n) is 8.76. The zero-order valence-corrected chi connectivity index (χ0v) is 14.7. The van der Waals surface area contributed by atoms with Crippen LogP contribution < -0.4 is 0 Å². The molecule has 1 nitrogen and oxygen atoms in total. The topological polar surface area (TPSA) is 12.4 Å². The molecular formula is C22H27N. The molecule has 0 radical (unpaired) electrons. The molecule has 1 saturated carbocycles. The van der Waals surface area contributed by atoms with E-state index in [-0.39, 0.29) is 0 Å². The molecule has 0 aliphatic heterocycles. The molecule has 2 aromatic rings. The number of hydrogen-bond acceptors (Lipinski definition) is 1. The van der Waals surface area contributed by atoms with E-state index in [1.807, 2.05) is 13.1 Å². The highest BCUT2D eigenvalue weighted by molar-refractivity contribution is 5.62. The lowest BCUT2D eigenvalue weighted by Crippen LogP contribution is -2.10. The van der Waals surface area contributed by atoms with Gasteiger partial charge in [0.05, 0.1) is 5.69 Å². The molecule has 2 unspecified atom stereocenters. The highest BCUT2D eigenvalue weighted by Crippen LogP contribution is 2.49. The van der Waals surface area contributed by atoms with E-state index in [9.17, 15) is 0 Å². The summed E-state index contributed by atoms with van der Waals surface area (Å²) in [5, 5.41) is 0. The molecule has 1 heteroatoms.